The average molecular weight is 362 g/mol. The molecule has 1 aromatic rings. The summed E-state index contributed by atoms with van der Waals surface area (Å²) in [5, 5.41) is 0. The number of ether oxygens (including phenoxy) is 1. The summed E-state index contributed by atoms with van der Waals surface area (Å²) in [5.74, 6) is -0.0912. The van der Waals surface area contributed by atoms with Gasteiger partial charge in [-0.15, -0.1) is 0 Å². The first-order valence-corrected chi connectivity index (χ1v) is 10.0. The van der Waals surface area contributed by atoms with Crippen LogP contribution in [0.4, 0.5) is 0 Å². The maximum Gasteiger partial charge on any atom is 0.309 e. The molecule has 2 aliphatic rings. The molecule has 0 heterocycles. The molecular weight excluding hydrogens is 334 g/mol. The number of carbonyl (C=O) groups is 1. The fourth-order valence-electron chi connectivity index (χ4n) is 3.64. The summed E-state index contributed by atoms with van der Waals surface area (Å²) >= 11 is -1.18. The number of rotatable bonds is 4. The zero-order valence-electron chi connectivity index (χ0n) is 15.5. The Morgan fingerprint density at radius 2 is 1.88 bits per heavy atom. The molecule has 2 atom stereocenters. The lowest BCUT2D eigenvalue weighted by Crippen LogP contribution is -2.51. The molecule has 2 saturated carbocycles. The molecule has 0 aromatic heterocycles. The van der Waals surface area contributed by atoms with E-state index in [4.69, 9.17) is 4.74 Å². The highest BCUT2D eigenvalue weighted by Gasteiger charge is 2.55. The third kappa shape index (κ3) is 4.09. The fraction of sp³-hybridized carbons (Fsp3) is 0.600. The lowest BCUT2D eigenvalue weighted by atomic mass is 9.51. The van der Waals surface area contributed by atoms with Crippen LogP contribution >= 0.6 is 0 Å². The van der Waals surface area contributed by atoms with Crippen LogP contribution in [0.25, 0.3) is 0 Å². The second kappa shape index (κ2) is 6.76. The van der Waals surface area contributed by atoms with Crippen LogP contribution in [-0.4, -0.2) is 21.0 Å². The van der Waals surface area contributed by atoms with Gasteiger partial charge in [-0.2, -0.15) is 0 Å². The van der Waals surface area contributed by atoms with E-state index in [-0.39, 0.29) is 28.2 Å². The summed E-state index contributed by atoms with van der Waals surface area (Å²) in [5.41, 5.74) is 2.27. The molecule has 25 heavy (non-hydrogen) atoms. The van der Waals surface area contributed by atoms with Gasteiger partial charge in [-0.1, -0.05) is 34.7 Å². The second-order valence-corrected chi connectivity index (χ2v) is 10.4. The first kappa shape index (κ1) is 18.5. The van der Waals surface area contributed by atoms with E-state index >= 15 is 0 Å². The van der Waals surface area contributed by atoms with Crippen LogP contribution in [-0.2, 0) is 20.9 Å². The Morgan fingerprint density at radius 3 is 2.44 bits per heavy atom. The van der Waals surface area contributed by atoms with Gasteiger partial charge < -0.3 is 9.29 Å². The third-order valence-corrected chi connectivity index (χ3v) is 6.62. The number of hydrogen-bond acceptors (Lipinski definition) is 4. The van der Waals surface area contributed by atoms with Crippen LogP contribution in [0.2, 0.25) is 0 Å². The van der Waals surface area contributed by atoms with Crippen molar-refractivity contribution in [1.82, 2.24) is 0 Å². The van der Waals surface area contributed by atoms with Crippen molar-refractivity contribution in [3.8, 4) is 0 Å². The predicted octanol–water partition coefficient (Wildman–Crippen LogP) is 4.38. The second-order valence-electron chi connectivity index (χ2n) is 8.47. The van der Waals surface area contributed by atoms with E-state index in [0.717, 1.165) is 37.0 Å². The van der Waals surface area contributed by atoms with E-state index in [1.807, 2.05) is 58.0 Å². The van der Waals surface area contributed by atoms with Gasteiger partial charge in [-0.05, 0) is 64.4 Å². The molecule has 2 fully saturated rings. The van der Waals surface area contributed by atoms with Gasteiger partial charge >= 0.3 is 5.97 Å². The van der Waals surface area contributed by atoms with Gasteiger partial charge in [0.15, 0.2) is 0 Å². The van der Waals surface area contributed by atoms with Crippen LogP contribution in [0.3, 0.4) is 0 Å². The van der Waals surface area contributed by atoms with E-state index in [9.17, 15) is 9.35 Å². The number of carbonyl (C=O) groups excluding carboxylic acids is 1. The van der Waals surface area contributed by atoms with Crippen molar-refractivity contribution in [3.63, 3.8) is 0 Å². The maximum atomic E-state index is 12.3. The van der Waals surface area contributed by atoms with E-state index in [2.05, 4.69) is 4.40 Å². The normalized spacial score (nSPS) is 27.9. The molecule has 0 saturated heterocycles. The first-order valence-electron chi connectivity index (χ1n) is 8.92. The molecule has 2 aliphatic carbocycles. The van der Waals surface area contributed by atoms with Gasteiger partial charge in [-0.3, -0.25) is 4.79 Å². The molecule has 0 radical (unpaired) electrons. The molecule has 3 rings (SSSR count). The Balaban J connectivity index is 1.46. The zero-order valence-corrected chi connectivity index (χ0v) is 16.3. The Bertz CT molecular complexity index is 649. The summed E-state index contributed by atoms with van der Waals surface area (Å²) in [7, 11) is 0. The van der Waals surface area contributed by atoms with E-state index in [1.165, 1.54) is 0 Å². The third-order valence-electron chi connectivity index (χ3n) is 5.15. The lowest BCUT2D eigenvalue weighted by Gasteiger charge is -2.53. The molecule has 0 N–H and O–H groups in total. The average Bonchev–Trinajstić information content (AvgIpc) is 2.47. The van der Waals surface area contributed by atoms with Crippen molar-refractivity contribution in [2.24, 2.45) is 15.7 Å². The largest absolute Gasteiger partial charge is 0.591 e. The zero-order chi connectivity index (χ0) is 18.2. The predicted molar refractivity (Wildman–Crippen MR) is 101 cm³/mol. The summed E-state index contributed by atoms with van der Waals surface area (Å²) < 4.78 is 21.7. The highest BCUT2D eigenvalue weighted by atomic mass is 32.2. The van der Waals surface area contributed by atoms with Crippen molar-refractivity contribution in [1.29, 1.82) is 0 Å². The smallest absolute Gasteiger partial charge is 0.309 e. The number of benzene rings is 1. The van der Waals surface area contributed by atoms with E-state index < -0.39 is 11.4 Å². The monoisotopic (exact) mass is 361 g/mol. The lowest BCUT2D eigenvalue weighted by molar-refractivity contribution is -0.162. The van der Waals surface area contributed by atoms with Gasteiger partial charge in [0.2, 0.25) is 0 Å². The van der Waals surface area contributed by atoms with Gasteiger partial charge in [0.05, 0.1) is 11.6 Å². The SMILES string of the molecule is C[C@H](OC(=O)C1CC2(CC(=N[S@@+]([O-])C(C)(C)C)C2)C1)c1ccccc1. The van der Waals surface area contributed by atoms with Crippen LogP contribution in [0, 0.1) is 11.3 Å². The maximum absolute atomic E-state index is 12.3. The number of nitrogens with zero attached hydrogens (tertiary/aromatic N) is 1. The molecule has 1 spiro atoms. The van der Waals surface area contributed by atoms with Crippen LogP contribution in [0.5, 0.6) is 0 Å². The summed E-state index contributed by atoms with van der Waals surface area (Å²) in [6, 6.07) is 9.81. The molecule has 0 unspecified atom stereocenters. The molecular formula is C20H27NO3S. The van der Waals surface area contributed by atoms with Crippen molar-refractivity contribution in [3.05, 3.63) is 35.9 Å². The van der Waals surface area contributed by atoms with E-state index in [0.29, 0.717) is 0 Å². The Kier molecular flexibility index (Phi) is 5.00. The Morgan fingerprint density at radius 1 is 1.28 bits per heavy atom. The highest BCUT2D eigenvalue weighted by molar-refractivity contribution is 7.91. The molecule has 4 nitrogen and oxygen atoms in total. The van der Waals surface area contributed by atoms with Crippen LogP contribution in [0.15, 0.2) is 34.7 Å². The molecule has 5 heteroatoms. The minimum Gasteiger partial charge on any atom is -0.591 e. The van der Waals surface area contributed by atoms with Crippen LogP contribution < -0.4 is 0 Å². The molecule has 1 aromatic carbocycles. The van der Waals surface area contributed by atoms with E-state index in [1.54, 1.807) is 0 Å². The Hall–Kier alpha value is -1.33. The van der Waals surface area contributed by atoms with Gasteiger partial charge in [0.1, 0.15) is 22.2 Å². The minimum absolute atomic E-state index is 0.000765. The Labute approximate surface area is 153 Å². The molecule has 0 amide bonds. The van der Waals surface area contributed by atoms with Gasteiger partial charge in [0.25, 0.3) is 0 Å². The van der Waals surface area contributed by atoms with Crippen molar-refractivity contribution >= 4 is 23.0 Å². The van der Waals surface area contributed by atoms with Crippen LogP contribution in [0.1, 0.15) is 65.0 Å². The molecule has 0 bridgehead atoms. The van der Waals surface area contributed by atoms with Gasteiger partial charge in [0, 0.05) is 0 Å². The summed E-state index contributed by atoms with van der Waals surface area (Å²) in [6.07, 6.45) is 3.29. The quantitative estimate of drug-likeness (QED) is 0.590. The highest BCUT2D eigenvalue weighted by Crippen LogP contribution is 2.58. The molecule has 136 valence electrons. The minimum atomic E-state index is -1.18. The topological polar surface area (TPSA) is 61.7 Å². The standard InChI is InChI=1S/C20H27NO3S/c1-14(15-8-6-5-7-9-15)24-18(22)16-10-20(11-16)12-17(13-20)21-25(23)19(2,3)4/h5-9,14,16H,10-13H2,1-4H3/t14-,16?,20?,25-/m0/s1. The summed E-state index contributed by atoms with van der Waals surface area (Å²) in [6.45, 7) is 7.72. The van der Waals surface area contributed by atoms with Crippen molar-refractivity contribution in [2.45, 2.75) is 64.2 Å². The fourth-order valence-corrected chi connectivity index (χ4v) is 4.27. The van der Waals surface area contributed by atoms with Crippen molar-refractivity contribution in [2.75, 3.05) is 0 Å². The summed E-state index contributed by atoms with van der Waals surface area (Å²) in [4.78, 5) is 12.3. The number of esters is 1. The van der Waals surface area contributed by atoms with Gasteiger partial charge in [-0.25, -0.2) is 0 Å². The molecule has 0 aliphatic heterocycles. The van der Waals surface area contributed by atoms with Crippen molar-refractivity contribution < 1.29 is 14.1 Å². The number of hydrogen-bond donors (Lipinski definition) is 0. The first-order chi connectivity index (χ1) is 11.7.